The Bertz CT molecular complexity index is 1010. The number of fused-ring (bicyclic) bond motifs is 1. The van der Waals surface area contributed by atoms with Gasteiger partial charge in [-0.25, -0.2) is 9.37 Å². The van der Waals surface area contributed by atoms with E-state index >= 15 is 0 Å². The van der Waals surface area contributed by atoms with Crippen molar-refractivity contribution in [3.63, 3.8) is 0 Å². The Balaban J connectivity index is 1.48. The van der Waals surface area contributed by atoms with Gasteiger partial charge in [0.25, 0.3) is 11.5 Å². The van der Waals surface area contributed by atoms with Gasteiger partial charge in [0.1, 0.15) is 10.6 Å². The molecule has 0 atom stereocenters. The number of thiophene rings is 1. The summed E-state index contributed by atoms with van der Waals surface area (Å²) in [5, 5.41) is 4.69. The number of hydrogen-bond acceptors (Lipinski definition) is 6. The average molecular weight is 375 g/mol. The van der Waals surface area contributed by atoms with E-state index in [0.29, 0.717) is 10.2 Å². The number of amides is 1. The van der Waals surface area contributed by atoms with Gasteiger partial charge in [0.05, 0.1) is 18.1 Å². The van der Waals surface area contributed by atoms with Crippen LogP contribution >= 0.6 is 11.3 Å². The van der Waals surface area contributed by atoms with Crippen molar-refractivity contribution >= 4 is 39.1 Å². The van der Waals surface area contributed by atoms with Crippen LogP contribution in [-0.4, -0.2) is 28.0 Å². The summed E-state index contributed by atoms with van der Waals surface area (Å²) in [6.07, 6.45) is 1.30. The number of aryl methyl sites for hydroxylation is 1. The molecule has 0 spiro atoms. The summed E-state index contributed by atoms with van der Waals surface area (Å²) in [5.74, 6) is -1.69. The van der Waals surface area contributed by atoms with Crippen LogP contribution < -0.4 is 10.9 Å². The van der Waals surface area contributed by atoms with Crippen molar-refractivity contribution in [2.24, 2.45) is 0 Å². The maximum Gasteiger partial charge on any atom is 0.308 e. The molecule has 0 saturated carbocycles. The smallest absolute Gasteiger partial charge is 0.308 e. The maximum absolute atomic E-state index is 13.0. The Morgan fingerprint density at radius 3 is 2.96 bits per heavy atom. The highest BCUT2D eigenvalue weighted by molar-refractivity contribution is 7.16. The summed E-state index contributed by atoms with van der Waals surface area (Å²) in [7, 11) is 0. The van der Waals surface area contributed by atoms with E-state index in [1.807, 2.05) is 0 Å². The summed E-state index contributed by atoms with van der Waals surface area (Å²) in [6, 6.07) is 7.05. The standard InChI is InChI=1S/C17H14FN3O4S/c18-11-2-1-3-12(8-11)20-14(22)9-25-15(23)4-6-21-10-19-16-13(17(21)24)5-7-26-16/h1-3,5,7-8,10H,4,6,9H2,(H,20,22). The molecule has 0 radical (unpaired) electrons. The number of aromatic nitrogens is 2. The molecule has 0 unspecified atom stereocenters. The molecule has 0 aliphatic heterocycles. The molecule has 3 rings (SSSR count). The van der Waals surface area contributed by atoms with Gasteiger partial charge in [-0.05, 0) is 29.6 Å². The van der Waals surface area contributed by atoms with E-state index in [-0.39, 0.29) is 24.2 Å². The molecular formula is C17H14FN3O4S. The molecule has 0 aliphatic carbocycles. The van der Waals surface area contributed by atoms with Gasteiger partial charge in [0, 0.05) is 12.2 Å². The molecular weight excluding hydrogens is 361 g/mol. The van der Waals surface area contributed by atoms with Crippen molar-refractivity contribution in [3.05, 3.63) is 58.2 Å². The molecule has 0 fully saturated rings. The molecule has 0 aliphatic rings. The third-order valence-electron chi connectivity index (χ3n) is 3.48. The number of nitrogens with one attached hydrogen (secondary N) is 1. The Morgan fingerprint density at radius 2 is 2.15 bits per heavy atom. The number of nitrogens with zero attached hydrogens (tertiary/aromatic N) is 2. The zero-order valence-electron chi connectivity index (χ0n) is 13.5. The Hall–Kier alpha value is -3.07. The van der Waals surface area contributed by atoms with Gasteiger partial charge >= 0.3 is 5.97 Å². The number of ether oxygens (including phenoxy) is 1. The molecule has 1 amide bonds. The summed E-state index contributed by atoms with van der Waals surface area (Å²) in [4.78, 5) is 40.4. The number of anilines is 1. The van der Waals surface area contributed by atoms with Crippen molar-refractivity contribution in [3.8, 4) is 0 Å². The van der Waals surface area contributed by atoms with Crippen LogP contribution in [0.25, 0.3) is 10.2 Å². The van der Waals surface area contributed by atoms with E-state index in [0.717, 1.165) is 6.07 Å². The zero-order valence-corrected chi connectivity index (χ0v) is 14.3. The van der Waals surface area contributed by atoms with Gasteiger partial charge in [-0.2, -0.15) is 0 Å². The second-order valence-corrected chi connectivity index (χ2v) is 6.25. The second kappa shape index (κ2) is 7.87. The summed E-state index contributed by atoms with van der Waals surface area (Å²) in [6.45, 7) is -0.395. The van der Waals surface area contributed by atoms with E-state index in [1.165, 1.54) is 40.4 Å². The van der Waals surface area contributed by atoms with Crippen LogP contribution in [0.4, 0.5) is 10.1 Å². The fourth-order valence-electron chi connectivity index (χ4n) is 2.25. The number of halogens is 1. The van der Waals surface area contributed by atoms with Gasteiger partial charge in [0.15, 0.2) is 6.61 Å². The van der Waals surface area contributed by atoms with Crippen LogP contribution in [0.15, 0.2) is 46.8 Å². The second-order valence-electron chi connectivity index (χ2n) is 5.35. The lowest BCUT2D eigenvalue weighted by molar-refractivity contribution is -0.147. The number of hydrogen-bond donors (Lipinski definition) is 1. The highest BCUT2D eigenvalue weighted by atomic mass is 32.1. The van der Waals surface area contributed by atoms with E-state index in [1.54, 1.807) is 11.4 Å². The Morgan fingerprint density at radius 1 is 1.31 bits per heavy atom. The van der Waals surface area contributed by atoms with E-state index < -0.39 is 24.3 Å². The lowest BCUT2D eigenvalue weighted by Crippen LogP contribution is -2.24. The van der Waals surface area contributed by atoms with Gasteiger partial charge < -0.3 is 10.1 Å². The number of carbonyl (C=O) groups is 2. The topological polar surface area (TPSA) is 90.3 Å². The Labute approximate surface area is 151 Å². The van der Waals surface area contributed by atoms with Crippen LogP contribution in [0.1, 0.15) is 6.42 Å². The number of carbonyl (C=O) groups excluding carboxylic acids is 2. The fraction of sp³-hybridized carbons (Fsp3) is 0.176. The molecule has 2 heterocycles. The lowest BCUT2D eigenvalue weighted by atomic mass is 10.3. The SMILES string of the molecule is O=C(COC(=O)CCn1cnc2sccc2c1=O)Nc1cccc(F)c1. The monoisotopic (exact) mass is 375 g/mol. The minimum atomic E-state index is -0.628. The molecule has 9 heteroatoms. The van der Waals surface area contributed by atoms with Gasteiger partial charge in [-0.1, -0.05) is 6.07 Å². The number of benzene rings is 1. The quantitative estimate of drug-likeness (QED) is 0.667. The molecule has 1 N–H and O–H groups in total. The third-order valence-corrected chi connectivity index (χ3v) is 4.30. The van der Waals surface area contributed by atoms with Crippen molar-refractivity contribution in [1.82, 2.24) is 9.55 Å². The molecule has 26 heavy (non-hydrogen) atoms. The van der Waals surface area contributed by atoms with Gasteiger partial charge in [-0.3, -0.25) is 19.0 Å². The van der Waals surface area contributed by atoms with E-state index in [4.69, 9.17) is 4.74 Å². The molecule has 7 nitrogen and oxygen atoms in total. The molecule has 0 saturated heterocycles. The molecule has 0 bridgehead atoms. The predicted octanol–water partition coefficient (Wildman–Crippen LogP) is 2.17. The average Bonchev–Trinajstić information content (AvgIpc) is 3.09. The largest absolute Gasteiger partial charge is 0.456 e. The highest BCUT2D eigenvalue weighted by Gasteiger charge is 2.10. The highest BCUT2D eigenvalue weighted by Crippen LogP contribution is 2.13. The summed E-state index contributed by atoms with van der Waals surface area (Å²) < 4.78 is 19.2. The molecule has 2 aromatic heterocycles. The van der Waals surface area contributed by atoms with Crippen LogP contribution in [0.3, 0.4) is 0 Å². The van der Waals surface area contributed by atoms with E-state index in [2.05, 4.69) is 10.3 Å². The minimum absolute atomic E-state index is 0.0789. The fourth-order valence-corrected chi connectivity index (χ4v) is 2.97. The van der Waals surface area contributed by atoms with Crippen molar-refractivity contribution < 1.29 is 18.7 Å². The first-order chi connectivity index (χ1) is 12.5. The number of esters is 1. The van der Waals surface area contributed by atoms with Crippen LogP contribution in [0.5, 0.6) is 0 Å². The first-order valence-electron chi connectivity index (χ1n) is 7.66. The third kappa shape index (κ3) is 4.31. The van der Waals surface area contributed by atoms with Crippen LogP contribution in [0, 0.1) is 5.82 Å². The maximum atomic E-state index is 13.0. The first kappa shape index (κ1) is 17.7. The molecule has 134 valence electrons. The minimum Gasteiger partial charge on any atom is -0.456 e. The normalized spacial score (nSPS) is 10.7. The van der Waals surface area contributed by atoms with Crippen molar-refractivity contribution in [1.29, 1.82) is 0 Å². The number of rotatable bonds is 6. The molecule has 3 aromatic rings. The predicted molar refractivity (Wildman–Crippen MR) is 94.5 cm³/mol. The van der Waals surface area contributed by atoms with Gasteiger partial charge in [0.2, 0.25) is 0 Å². The first-order valence-corrected chi connectivity index (χ1v) is 8.54. The van der Waals surface area contributed by atoms with Crippen molar-refractivity contribution in [2.45, 2.75) is 13.0 Å². The Kier molecular flexibility index (Phi) is 5.37. The molecule has 1 aromatic carbocycles. The van der Waals surface area contributed by atoms with Gasteiger partial charge in [-0.15, -0.1) is 11.3 Å². The van der Waals surface area contributed by atoms with Crippen LogP contribution in [0.2, 0.25) is 0 Å². The summed E-state index contributed by atoms with van der Waals surface area (Å²) >= 11 is 1.36. The van der Waals surface area contributed by atoms with Crippen molar-refractivity contribution in [2.75, 3.05) is 11.9 Å². The lowest BCUT2D eigenvalue weighted by Gasteiger charge is -2.07. The van der Waals surface area contributed by atoms with Crippen LogP contribution in [-0.2, 0) is 20.9 Å². The zero-order chi connectivity index (χ0) is 18.5. The van der Waals surface area contributed by atoms with E-state index in [9.17, 15) is 18.8 Å². The summed E-state index contributed by atoms with van der Waals surface area (Å²) in [5.41, 5.74) is 0.0423.